The number of hydrogen-bond acceptors (Lipinski definition) is 10. The zero-order valence-electron chi connectivity index (χ0n) is 23.0. The number of pyridine rings is 1. The van der Waals surface area contributed by atoms with Gasteiger partial charge in [0.05, 0.1) is 37.6 Å². The van der Waals surface area contributed by atoms with Crippen molar-refractivity contribution in [1.29, 1.82) is 0 Å². The van der Waals surface area contributed by atoms with Gasteiger partial charge in [0.15, 0.2) is 16.6 Å². The Morgan fingerprint density at radius 1 is 1.12 bits per heavy atom. The average Bonchev–Trinajstić information content (AvgIpc) is 3.45. The molecule has 0 aliphatic carbocycles. The Kier molecular flexibility index (Phi) is 8.83. The first-order chi connectivity index (χ1) is 19.2. The zero-order valence-corrected chi connectivity index (χ0v) is 23.8. The summed E-state index contributed by atoms with van der Waals surface area (Å²) in [7, 11) is 1.25. The standard InChI is InChI=1S/C29H31N3O7S/c1-6-38-21-15-19(7-8-20(21)39-14-11-16(2)3)23-22(24(33)18-9-12-30-13-10-18)25(34)27(35)32(23)29-31-17(4)26(40-29)28(36)37-5/h7-10,12-13,15-16,23,33H,6,11,14H2,1-5H3. The molecule has 0 saturated carbocycles. The van der Waals surface area contributed by atoms with Crippen molar-refractivity contribution in [3.05, 3.63) is 70.0 Å². The monoisotopic (exact) mass is 565 g/mol. The summed E-state index contributed by atoms with van der Waals surface area (Å²) in [5.74, 6) is -1.32. The third kappa shape index (κ3) is 5.69. The van der Waals surface area contributed by atoms with E-state index in [1.165, 1.54) is 24.4 Å². The van der Waals surface area contributed by atoms with Crippen LogP contribution in [0.5, 0.6) is 11.5 Å². The number of benzene rings is 1. The first kappa shape index (κ1) is 28.8. The molecular formula is C29H31N3O7S. The second kappa shape index (κ2) is 12.3. The molecule has 1 fully saturated rings. The van der Waals surface area contributed by atoms with Crippen LogP contribution in [0.15, 0.2) is 48.3 Å². The van der Waals surface area contributed by atoms with E-state index in [1.54, 1.807) is 37.3 Å². The third-order valence-electron chi connectivity index (χ3n) is 6.30. The van der Waals surface area contributed by atoms with Crippen LogP contribution in [0.4, 0.5) is 5.13 Å². The van der Waals surface area contributed by atoms with Crippen LogP contribution in [0.1, 0.15) is 59.7 Å². The highest BCUT2D eigenvalue weighted by atomic mass is 32.1. The van der Waals surface area contributed by atoms with E-state index in [2.05, 4.69) is 23.8 Å². The number of aryl methyl sites for hydroxylation is 1. The van der Waals surface area contributed by atoms with E-state index in [0.29, 0.717) is 47.5 Å². The first-order valence-corrected chi connectivity index (χ1v) is 13.7. The summed E-state index contributed by atoms with van der Waals surface area (Å²) in [4.78, 5) is 49.0. The number of aromatic nitrogens is 2. The topological polar surface area (TPSA) is 128 Å². The number of carbonyl (C=O) groups excluding carboxylic acids is 3. The van der Waals surface area contributed by atoms with E-state index in [4.69, 9.17) is 14.2 Å². The van der Waals surface area contributed by atoms with Gasteiger partial charge in [-0.2, -0.15) is 0 Å². The fourth-order valence-electron chi connectivity index (χ4n) is 4.26. The van der Waals surface area contributed by atoms with E-state index >= 15 is 0 Å². The van der Waals surface area contributed by atoms with Gasteiger partial charge >= 0.3 is 11.9 Å². The number of methoxy groups -OCH3 is 1. The van der Waals surface area contributed by atoms with E-state index in [0.717, 1.165) is 17.8 Å². The highest BCUT2D eigenvalue weighted by Crippen LogP contribution is 2.45. The second-order valence-electron chi connectivity index (χ2n) is 9.48. The van der Waals surface area contributed by atoms with Gasteiger partial charge in [-0.05, 0) is 56.0 Å². The summed E-state index contributed by atoms with van der Waals surface area (Å²) < 4.78 is 16.7. The van der Waals surface area contributed by atoms with Gasteiger partial charge in [0.25, 0.3) is 5.78 Å². The van der Waals surface area contributed by atoms with Crippen LogP contribution in [0.2, 0.25) is 0 Å². The number of aliphatic hydroxyl groups excluding tert-OH is 1. The van der Waals surface area contributed by atoms with Crippen LogP contribution >= 0.6 is 11.3 Å². The Hall–Kier alpha value is -4.25. The minimum absolute atomic E-state index is 0.119. The van der Waals surface area contributed by atoms with Gasteiger partial charge in [-0.25, -0.2) is 9.78 Å². The van der Waals surface area contributed by atoms with Gasteiger partial charge in [0.2, 0.25) is 0 Å². The van der Waals surface area contributed by atoms with Crippen LogP contribution in [0.25, 0.3) is 5.76 Å². The smallest absolute Gasteiger partial charge is 0.350 e. The summed E-state index contributed by atoms with van der Waals surface area (Å²) >= 11 is 0.932. The molecule has 1 N–H and O–H groups in total. The highest BCUT2D eigenvalue weighted by molar-refractivity contribution is 7.17. The number of nitrogens with zero attached hydrogens (tertiary/aromatic N) is 3. The van der Waals surface area contributed by atoms with Gasteiger partial charge in [0.1, 0.15) is 10.6 Å². The van der Waals surface area contributed by atoms with Crippen molar-refractivity contribution in [1.82, 2.24) is 9.97 Å². The number of hydrogen-bond donors (Lipinski definition) is 1. The molecule has 2 aromatic heterocycles. The molecule has 11 heteroatoms. The van der Waals surface area contributed by atoms with Crippen molar-refractivity contribution in [2.45, 2.75) is 40.2 Å². The lowest BCUT2D eigenvalue weighted by molar-refractivity contribution is -0.132. The molecule has 1 aromatic carbocycles. The number of aliphatic hydroxyl groups is 1. The molecule has 210 valence electrons. The maximum absolute atomic E-state index is 13.5. The molecular weight excluding hydrogens is 534 g/mol. The van der Waals surface area contributed by atoms with Crippen molar-refractivity contribution in [3.8, 4) is 11.5 Å². The normalized spacial score (nSPS) is 16.4. The van der Waals surface area contributed by atoms with Crippen LogP contribution in [0.3, 0.4) is 0 Å². The average molecular weight is 566 g/mol. The number of anilines is 1. The summed E-state index contributed by atoms with van der Waals surface area (Å²) in [6.07, 6.45) is 3.80. The van der Waals surface area contributed by atoms with Crippen LogP contribution in [-0.4, -0.2) is 53.1 Å². The van der Waals surface area contributed by atoms with Crippen LogP contribution < -0.4 is 14.4 Å². The summed E-state index contributed by atoms with van der Waals surface area (Å²) in [6, 6.07) is 7.16. The van der Waals surface area contributed by atoms with Gasteiger partial charge in [-0.3, -0.25) is 19.5 Å². The minimum atomic E-state index is -1.06. The molecule has 0 radical (unpaired) electrons. The molecule has 1 atom stereocenters. The molecule has 1 unspecified atom stereocenters. The summed E-state index contributed by atoms with van der Waals surface area (Å²) in [6.45, 7) is 8.52. The maximum atomic E-state index is 13.5. The van der Waals surface area contributed by atoms with Gasteiger partial charge in [-0.15, -0.1) is 0 Å². The summed E-state index contributed by atoms with van der Waals surface area (Å²) in [5, 5.41) is 11.4. The van der Waals surface area contributed by atoms with Crippen LogP contribution in [-0.2, 0) is 14.3 Å². The number of rotatable bonds is 10. The molecule has 1 aliphatic heterocycles. The van der Waals surface area contributed by atoms with E-state index < -0.39 is 23.7 Å². The molecule has 0 bridgehead atoms. The van der Waals surface area contributed by atoms with Crippen molar-refractivity contribution in [3.63, 3.8) is 0 Å². The number of esters is 1. The minimum Gasteiger partial charge on any atom is -0.507 e. The molecule has 0 spiro atoms. The molecule has 3 aromatic rings. The number of amides is 1. The van der Waals surface area contributed by atoms with Gasteiger partial charge < -0.3 is 19.3 Å². The maximum Gasteiger partial charge on any atom is 0.350 e. The van der Waals surface area contributed by atoms with Crippen molar-refractivity contribution in [2.75, 3.05) is 25.2 Å². The van der Waals surface area contributed by atoms with Crippen molar-refractivity contribution < 1.29 is 33.7 Å². The molecule has 10 nitrogen and oxygen atoms in total. The quantitative estimate of drug-likeness (QED) is 0.155. The number of Topliss-reactive ketones (excluding diaryl/α,β-unsaturated/α-hetero) is 1. The fourth-order valence-corrected chi connectivity index (χ4v) is 5.28. The Morgan fingerprint density at radius 2 is 1.85 bits per heavy atom. The third-order valence-corrected chi connectivity index (χ3v) is 7.43. The lowest BCUT2D eigenvalue weighted by Crippen LogP contribution is -2.29. The second-order valence-corrected chi connectivity index (χ2v) is 10.5. The SMILES string of the molecule is CCOc1cc(C2C(=C(O)c3ccncc3)C(=O)C(=O)N2c2nc(C)c(C(=O)OC)s2)ccc1OCCC(C)C. The Labute approximate surface area is 236 Å². The molecule has 4 rings (SSSR count). The zero-order chi connectivity index (χ0) is 29.0. The fraction of sp³-hybridized carbons (Fsp3) is 0.345. The lowest BCUT2D eigenvalue weighted by Gasteiger charge is -2.24. The predicted molar refractivity (Wildman–Crippen MR) is 150 cm³/mol. The molecule has 1 saturated heterocycles. The molecule has 1 amide bonds. The molecule has 1 aliphatic rings. The van der Waals surface area contributed by atoms with E-state index in [9.17, 15) is 19.5 Å². The number of ketones is 1. The molecule has 3 heterocycles. The van der Waals surface area contributed by atoms with Crippen molar-refractivity contribution in [2.24, 2.45) is 5.92 Å². The Balaban J connectivity index is 1.89. The first-order valence-electron chi connectivity index (χ1n) is 12.8. The van der Waals surface area contributed by atoms with Gasteiger partial charge in [0, 0.05) is 18.0 Å². The van der Waals surface area contributed by atoms with Crippen molar-refractivity contribution >= 4 is 39.9 Å². The largest absolute Gasteiger partial charge is 0.507 e. The summed E-state index contributed by atoms with van der Waals surface area (Å²) in [5.41, 5.74) is 1.04. The van der Waals surface area contributed by atoms with Gasteiger partial charge in [-0.1, -0.05) is 31.3 Å². The lowest BCUT2D eigenvalue weighted by atomic mass is 9.95. The highest BCUT2D eigenvalue weighted by Gasteiger charge is 2.48. The number of thiazole rings is 1. The Morgan fingerprint density at radius 3 is 2.50 bits per heavy atom. The molecule has 40 heavy (non-hydrogen) atoms. The van der Waals surface area contributed by atoms with E-state index in [1.807, 2.05) is 6.92 Å². The Bertz CT molecular complexity index is 1450. The van der Waals surface area contributed by atoms with Crippen LogP contribution in [0, 0.1) is 12.8 Å². The number of ether oxygens (including phenoxy) is 3. The van der Waals surface area contributed by atoms with E-state index in [-0.39, 0.29) is 21.3 Å². The predicted octanol–water partition coefficient (Wildman–Crippen LogP) is 5.08. The number of carbonyl (C=O) groups is 3.